The van der Waals surface area contributed by atoms with Crippen molar-refractivity contribution in [3.8, 4) is 0 Å². The SMILES string of the molecule is Cc1cc(C2CCN(C(=O)[C@H]3CCCCN3C(=O)c3ccco3)CC2)n[nH]1. The van der Waals surface area contributed by atoms with Gasteiger partial charge in [0, 0.05) is 31.2 Å². The number of amides is 2. The Bertz CT molecular complexity index is 790. The lowest BCUT2D eigenvalue weighted by atomic mass is 9.92. The molecule has 2 amide bonds. The third kappa shape index (κ3) is 3.63. The Morgan fingerprint density at radius 1 is 1.19 bits per heavy atom. The number of likely N-dealkylation sites (tertiary alicyclic amines) is 2. The molecule has 2 aliphatic heterocycles. The fourth-order valence-corrected chi connectivity index (χ4v) is 4.23. The number of carbonyl (C=O) groups is 2. The van der Waals surface area contributed by atoms with Gasteiger partial charge in [-0.1, -0.05) is 0 Å². The van der Waals surface area contributed by atoms with Gasteiger partial charge < -0.3 is 14.2 Å². The molecule has 0 aromatic carbocycles. The fourth-order valence-electron chi connectivity index (χ4n) is 4.23. The minimum atomic E-state index is -0.375. The predicted molar refractivity (Wildman–Crippen MR) is 99.3 cm³/mol. The molecule has 2 aliphatic rings. The third-order valence-corrected chi connectivity index (χ3v) is 5.73. The number of rotatable bonds is 3. The van der Waals surface area contributed by atoms with Crippen molar-refractivity contribution in [1.29, 1.82) is 0 Å². The number of hydrogen-bond acceptors (Lipinski definition) is 4. The van der Waals surface area contributed by atoms with Crippen molar-refractivity contribution in [3.05, 3.63) is 41.6 Å². The highest BCUT2D eigenvalue weighted by atomic mass is 16.3. The van der Waals surface area contributed by atoms with E-state index < -0.39 is 0 Å². The van der Waals surface area contributed by atoms with Crippen LogP contribution in [0.1, 0.15) is 60.0 Å². The molecular weight excluding hydrogens is 344 g/mol. The van der Waals surface area contributed by atoms with Crippen LogP contribution in [0.25, 0.3) is 0 Å². The topological polar surface area (TPSA) is 82.4 Å². The maximum absolute atomic E-state index is 13.2. The minimum absolute atomic E-state index is 0.0752. The van der Waals surface area contributed by atoms with Crippen LogP contribution in [0.4, 0.5) is 0 Å². The van der Waals surface area contributed by atoms with Gasteiger partial charge in [0.05, 0.1) is 12.0 Å². The number of nitrogens with zero attached hydrogens (tertiary/aromatic N) is 3. The number of aryl methyl sites for hydroxylation is 1. The van der Waals surface area contributed by atoms with E-state index in [-0.39, 0.29) is 17.9 Å². The molecule has 1 N–H and O–H groups in total. The molecule has 2 fully saturated rings. The largest absolute Gasteiger partial charge is 0.459 e. The molecule has 0 bridgehead atoms. The summed E-state index contributed by atoms with van der Waals surface area (Å²) in [6.07, 6.45) is 5.95. The van der Waals surface area contributed by atoms with E-state index in [0.29, 0.717) is 31.3 Å². The molecule has 2 aromatic rings. The van der Waals surface area contributed by atoms with Crippen LogP contribution >= 0.6 is 0 Å². The van der Waals surface area contributed by atoms with Crippen LogP contribution in [0.2, 0.25) is 0 Å². The van der Waals surface area contributed by atoms with E-state index in [1.807, 2.05) is 11.8 Å². The van der Waals surface area contributed by atoms with Gasteiger partial charge in [-0.15, -0.1) is 0 Å². The second-order valence-electron chi connectivity index (χ2n) is 7.56. The van der Waals surface area contributed by atoms with Crippen LogP contribution in [0.15, 0.2) is 28.9 Å². The first-order chi connectivity index (χ1) is 13.1. The zero-order valence-electron chi connectivity index (χ0n) is 15.7. The highest BCUT2D eigenvalue weighted by Gasteiger charge is 2.37. The molecule has 2 aromatic heterocycles. The van der Waals surface area contributed by atoms with Crippen molar-refractivity contribution >= 4 is 11.8 Å². The van der Waals surface area contributed by atoms with Gasteiger partial charge in [-0.3, -0.25) is 14.7 Å². The summed E-state index contributed by atoms with van der Waals surface area (Å²) in [5.41, 5.74) is 2.16. The second-order valence-corrected chi connectivity index (χ2v) is 7.56. The molecular formula is C20H26N4O3. The minimum Gasteiger partial charge on any atom is -0.459 e. The third-order valence-electron chi connectivity index (χ3n) is 5.73. The molecule has 4 heterocycles. The zero-order valence-corrected chi connectivity index (χ0v) is 15.7. The Hall–Kier alpha value is -2.57. The summed E-state index contributed by atoms with van der Waals surface area (Å²) >= 11 is 0. The standard InChI is InChI=1S/C20H26N4O3/c1-14-13-16(22-21-14)15-7-10-23(11-8-15)19(25)17-5-2-3-9-24(17)20(26)18-6-4-12-27-18/h4,6,12-13,15,17H,2-3,5,7-11H2,1H3,(H,21,22)/t17-/m1/s1. The van der Waals surface area contributed by atoms with E-state index in [1.54, 1.807) is 17.0 Å². The van der Waals surface area contributed by atoms with Gasteiger partial charge in [0.1, 0.15) is 6.04 Å². The summed E-state index contributed by atoms with van der Waals surface area (Å²) in [5.74, 6) is 0.597. The number of furan rings is 1. The van der Waals surface area contributed by atoms with Gasteiger partial charge in [-0.05, 0) is 57.2 Å². The summed E-state index contributed by atoms with van der Waals surface area (Å²) in [4.78, 5) is 29.5. The number of hydrogen-bond donors (Lipinski definition) is 1. The van der Waals surface area contributed by atoms with Crippen molar-refractivity contribution < 1.29 is 14.0 Å². The number of nitrogens with one attached hydrogen (secondary N) is 1. The van der Waals surface area contributed by atoms with Gasteiger partial charge in [0.15, 0.2) is 5.76 Å². The Labute approximate surface area is 158 Å². The van der Waals surface area contributed by atoms with Gasteiger partial charge in [0.25, 0.3) is 5.91 Å². The van der Waals surface area contributed by atoms with Crippen LogP contribution < -0.4 is 0 Å². The summed E-state index contributed by atoms with van der Waals surface area (Å²) in [7, 11) is 0. The molecule has 7 heteroatoms. The highest BCUT2D eigenvalue weighted by Crippen LogP contribution is 2.29. The number of piperidine rings is 2. The van der Waals surface area contributed by atoms with Gasteiger partial charge in [-0.25, -0.2) is 0 Å². The quantitative estimate of drug-likeness (QED) is 0.901. The Kier molecular flexibility index (Phi) is 5.01. The van der Waals surface area contributed by atoms with Crippen molar-refractivity contribution in [2.75, 3.05) is 19.6 Å². The lowest BCUT2D eigenvalue weighted by molar-refractivity contribution is -0.138. The van der Waals surface area contributed by atoms with Gasteiger partial charge in [0.2, 0.25) is 5.91 Å². The van der Waals surface area contributed by atoms with E-state index in [2.05, 4.69) is 16.3 Å². The first-order valence-electron chi connectivity index (χ1n) is 9.78. The molecule has 144 valence electrons. The predicted octanol–water partition coefficient (Wildman–Crippen LogP) is 2.71. The highest BCUT2D eigenvalue weighted by molar-refractivity contribution is 5.95. The normalized spacial score (nSPS) is 21.4. The number of aromatic amines is 1. The van der Waals surface area contributed by atoms with Gasteiger partial charge in [-0.2, -0.15) is 5.10 Å². The molecule has 7 nitrogen and oxygen atoms in total. The Balaban J connectivity index is 1.41. The molecule has 0 unspecified atom stereocenters. The van der Waals surface area contributed by atoms with Crippen molar-refractivity contribution in [3.63, 3.8) is 0 Å². The van der Waals surface area contributed by atoms with E-state index in [4.69, 9.17) is 4.42 Å². The number of carbonyl (C=O) groups excluding carboxylic acids is 2. The van der Waals surface area contributed by atoms with Crippen LogP contribution in [0.3, 0.4) is 0 Å². The van der Waals surface area contributed by atoms with Crippen molar-refractivity contribution in [2.24, 2.45) is 0 Å². The fraction of sp³-hybridized carbons (Fsp3) is 0.550. The van der Waals surface area contributed by atoms with E-state index >= 15 is 0 Å². The lowest BCUT2D eigenvalue weighted by Gasteiger charge is -2.39. The van der Waals surface area contributed by atoms with E-state index in [0.717, 1.165) is 43.5 Å². The average molecular weight is 370 g/mol. The monoisotopic (exact) mass is 370 g/mol. The molecule has 0 spiro atoms. The van der Waals surface area contributed by atoms with Crippen molar-refractivity contribution in [2.45, 2.75) is 51.0 Å². The first kappa shape index (κ1) is 17.8. The smallest absolute Gasteiger partial charge is 0.290 e. The molecule has 0 radical (unpaired) electrons. The zero-order chi connectivity index (χ0) is 18.8. The molecule has 0 saturated carbocycles. The Morgan fingerprint density at radius 2 is 2.00 bits per heavy atom. The summed E-state index contributed by atoms with van der Waals surface area (Å²) in [6, 6.07) is 5.08. The molecule has 4 rings (SSSR count). The molecule has 1 atom stereocenters. The molecule has 0 aliphatic carbocycles. The summed E-state index contributed by atoms with van der Waals surface area (Å²) in [5, 5.41) is 7.37. The molecule has 2 saturated heterocycles. The summed E-state index contributed by atoms with van der Waals surface area (Å²) < 4.78 is 5.26. The number of aromatic nitrogens is 2. The van der Waals surface area contributed by atoms with E-state index in [1.165, 1.54) is 6.26 Å². The van der Waals surface area contributed by atoms with E-state index in [9.17, 15) is 9.59 Å². The maximum atomic E-state index is 13.2. The Morgan fingerprint density at radius 3 is 2.67 bits per heavy atom. The van der Waals surface area contributed by atoms with Gasteiger partial charge >= 0.3 is 0 Å². The number of H-pyrrole nitrogens is 1. The van der Waals surface area contributed by atoms with Crippen LogP contribution in [0.5, 0.6) is 0 Å². The average Bonchev–Trinajstić information content (AvgIpc) is 3.39. The first-order valence-corrected chi connectivity index (χ1v) is 9.78. The maximum Gasteiger partial charge on any atom is 0.290 e. The molecule has 27 heavy (non-hydrogen) atoms. The van der Waals surface area contributed by atoms with Crippen LogP contribution in [-0.4, -0.2) is 57.5 Å². The summed E-state index contributed by atoms with van der Waals surface area (Å²) in [6.45, 7) is 4.05. The van der Waals surface area contributed by atoms with Crippen LogP contribution in [0, 0.1) is 6.92 Å². The van der Waals surface area contributed by atoms with Crippen LogP contribution in [-0.2, 0) is 4.79 Å². The lowest BCUT2D eigenvalue weighted by Crippen LogP contribution is -2.54. The second kappa shape index (κ2) is 7.58. The van der Waals surface area contributed by atoms with Crippen molar-refractivity contribution in [1.82, 2.24) is 20.0 Å².